The molecule has 2 rings (SSSR count). The molecule has 0 aliphatic carbocycles. The Balaban J connectivity index is 2.05. The van der Waals surface area contributed by atoms with Crippen molar-refractivity contribution in [3.05, 3.63) is 35.9 Å². The quantitative estimate of drug-likeness (QED) is 0.106. The van der Waals surface area contributed by atoms with Gasteiger partial charge in [-0.3, -0.25) is 19.4 Å². The van der Waals surface area contributed by atoms with Crippen molar-refractivity contribution in [1.29, 1.82) is 0 Å². The summed E-state index contributed by atoms with van der Waals surface area (Å²) < 4.78 is 0. The van der Waals surface area contributed by atoms with Crippen LogP contribution >= 0.6 is 0 Å². The van der Waals surface area contributed by atoms with E-state index in [9.17, 15) is 24.3 Å². The van der Waals surface area contributed by atoms with Crippen LogP contribution in [-0.2, 0) is 25.6 Å². The van der Waals surface area contributed by atoms with Gasteiger partial charge in [0.2, 0.25) is 17.7 Å². The van der Waals surface area contributed by atoms with Gasteiger partial charge in [0, 0.05) is 19.5 Å². The van der Waals surface area contributed by atoms with E-state index in [0.29, 0.717) is 45.2 Å². The Bertz CT molecular complexity index is 981. The van der Waals surface area contributed by atoms with Gasteiger partial charge in [0.1, 0.15) is 18.1 Å². The number of nitrogens with zero attached hydrogens (tertiary/aromatic N) is 2. The smallest absolute Gasteiger partial charge is 0.326 e. The SMILES string of the molecule is CC(C)CC(NC(=O)C1CCCN1C(=O)C(N)CCCN=C(N)N)C(=O)NC(Cc1ccccc1)C(=O)O. The third-order valence-electron chi connectivity index (χ3n) is 6.36. The predicted molar refractivity (Wildman–Crippen MR) is 144 cm³/mol. The van der Waals surface area contributed by atoms with Crippen LogP contribution in [0.15, 0.2) is 35.3 Å². The van der Waals surface area contributed by atoms with Gasteiger partial charge in [-0.15, -0.1) is 0 Å². The maximum atomic E-state index is 13.2. The number of carbonyl (C=O) groups is 4. The minimum Gasteiger partial charge on any atom is -0.480 e. The Morgan fingerprint density at radius 2 is 1.79 bits per heavy atom. The van der Waals surface area contributed by atoms with E-state index < -0.39 is 42.0 Å². The minimum atomic E-state index is -1.17. The lowest BCUT2D eigenvalue weighted by Gasteiger charge is -2.29. The Kier molecular flexibility index (Phi) is 12.0. The number of amides is 3. The highest BCUT2D eigenvalue weighted by atomic mass is 16.4. The maximum absolute atomic E-state index is 13.2. The van der Waals surface area contributed by atoms with Gasteiger partial charge in [-0.1, -0.05) is 44.2 Å². The normalized spacial score (nSPS) is 17.4. The summed E-state index contributed by atoms with van der Waals surface area (Å²) >= 11 is 0. The van der Waals surface area contributed by atoms with E-state index >= 15 is 0 Å². The molecule has 1 saturated heterocycles. The van der Waals surface area contributed by atoms with E-state index in [1.54, 1.807) is 24.3 Å². The molecule has 38 heavy (non-hydrogen) atoms. The number of carboxylic acids is 1. The fourth-order valence-electron chi connectivity index (χ4n) is 4.45. The zero-order valence-electron chi connectivity index (χ0n) is 22.1. The van der Waals surface area contributed by atoms with Crippen molar-refractivity contribution in [2.24, 2.45) is 28.1 Å². The molecular formula is C26H41N7O5. The molecule has 0 saturated carbocycles. The number of benzene rings is 1. The molecule has 1 aliphatic heterocycles. The van der Waals surface area contributed by atoms with Crippen LogP contribution in [0.4, 0.5) is 0 Å². The summed E-state index contributed by atoms with van der Waals surface area (Å²) in [6.45, 7) is 4.54. The molecule has 1 aromatic rings. The minimum absolute atomic E-state index is 0.0316. The number of nitrogens with one attached hydrogen (secondary N) is 2. The van der Waals surface area contributed by atoms with Crippen LogP contribution in [-0.4, -0.2) is 76.9 Å². The molecule has 4 unspecified atom stereocenters. The van der Waals surface area contributed by atoms with E-state index in [-0.39, 0.29) is 24.2 Å². The average Bonchev–Trinajstić information content (AvgIpc) is 3.35. The molecule has 1 heterocycles. The summed E-state index contributed by atoms with van der Waals surface area (Å²) in [5.74, 6) is -2.54. The highest BCUT2D eigenvalue weighted by Gasteiger charge is 2.38. The zero-order valence-corrected chi connectivity index (χ0v) is 22.1. The second-order valence-electron chi connectivity index (χ2n) is 10.0. The van der Waals surface area contributed by atoms with Crippen molar-refractivity contribution in [3.63, 3.8) is 0 Å². The second kappa shape index (κ2) is 14.9. The van der Waals surface area contributed by atoms with Gasteiger partial charge in [-0.2, -0.15) is 0 Å². The van der Waals surface area contributed by atoms with Gasteiger partial charge in [0.15, 0.2) is 5.96 Å². The van der Waals surface area contributed by atoms with Crippen LogP contribution in [0.3, 0.4) is 0 Å². The molecule has 0 aromatic heterocycles. The van der Waals surface area contributed by atoms with Crippen molar-refractivity contribution in [3.8, 4) is 0 Å². The molecular weight excluding hydrogens is 490 g/mol. The van der Waals surface area contributed by atoms with Gasteiger partial charge in [0.05, 0.1) is 6.04 Å². The number of hydrogen-bond donors (Lipinski definition) is 6. The fourth-order valence-corrected chi connectivity index (χ4v) is 4.45. The summed E-state index contributed by atoms with van der Waals surface area (Å²) in [4.78, 5) is 56.5. The largest absolute Gasteiger partial charge is 0.480 e. The lowest BCUT2D eigenvalue weighted by Crippen LogP contribution is -2.57. The van der Waals surface area contributed by atoms with Crippen LogP contribution in [0.2, 0.25) is 0 Å². The number of likely N-dealkylation sites (tertiary alicyclic amines) is 1. The van der Waals surface area contributed by atoms with Gasteiger partial charge in [-0.25, -0.2) is 4.79 Å². The number of hydrogen-bond acceptors (Lipinski definition) is 6. The predicted octanol–water partition coefficient (Wildman–Crippen LogP) is -0.299. The molecule has 0 bridgehead atoms. The van der Waals surface area contributed by atoms with Gasteiger partial charge in [0.25, 0.3) is 0 Å². The van der Waals surface area contributed by atoms with E-state index in [1.807, 2.05) is 19.9 Å². The van der Waals surface area contributed by atoms with E-state index in [1.165, 1.54) is 4.90 Å². The van der Waals surface area contributed by atoms with Gasteiger partial charge in [-0.05, 0) is 43.6 Å². The highest BCUT2D eigenvalue weighted by molar-refractivity contribution is 5.94. The van der Waals surface area contributed by atoms with Crippen LogP contribution in [0, 0.1) is 5.92 Å². The lowest BCUT2D eigenvalue weighted by atomic mass is 10.0. The molecule has 4 atom stereocenters. The second-order valence-corrected chi connectivity index (χ2v) is 10.0. The highest BCUT2D eigenvalue weighted by Crippen LogP contribution is 2.20. The fraction of sp³-hybridized carbons (Fsp3) is 0.577. The van der Waals surface area contributed by atoms with Crippen molar-refractivity contribution < 1.29 is 24.3 Å². The number of guanidine groups is 1. The topological polar surface area (TPSA) is 206 Å². The zero-order chi connectivity index (χ0) is 28.2. The Hall–Kier alpha value is -3.67. The summed E-state index contributed by atoms with van der Waals surface area (Å²) in [5.41, 5.74) is 17.5. The molecule has 210 valence electrons. The third kappa shape index (κ3) is 9.66. The monoisotopic (exact) mass is 531 g/mol. The first-order valence-electron chi connectivity index (χ1n) is 13.0. The Morgan fingerprint density at radius 3 is 2.39 bits per heavy atom. The molecule has 12 heteroatoms. The van der Waals surface area contributed by atoms with Crippen LogP contribution in [0.5, 0.6) is 0 Å². The molecule has 1 aromatic carbocycles. The van der Waals surface area contributed by atoms with Crippen LogP contribution in [0.25, 0.3) is 0 Å². The van der Waals surface area contributed by atoms with Crippen molar-refractivity contribution in [2.45, 2.75) is 76.5 Å². The van der Waals surface area contributed by atoms with Crippen molar-refractivity contribution >= 4 is 29.7 Å². The standard InChI is InChI=1S/C26H41N7O5/c1-16(2)14-19(22(34)32-20(25(37)38)15-17-8-4-3-5-9-17)31-23(35)21-11-7-13-33(21)24(36)18(27)10-6-12-30-26(28)29/h3-5,8-9,16,18-21H,6-7,10-15,27H2,1-2H3,(H,31,35)(H,32,34)(H,37,38)(H4,28,29,30). The maximum Gasteiger partial charge on any atom is 0.326 e. The average molecular weight is 532 g/mol. The third-order valence-corrected chi connectivity index (χ3v) is 6.36. The molecule has 0 spiro atoms. The summed E-state index contributed by atoms with van der Waals surface area (Å²) in [7, 11) is 0. The molecule has 1 aliphatic rings. The molecule has 1 fully saturated rings. The number of carboxylic acid groups (broad SMARTS) is 1. The number of rotatable bonds is 14. The van der Waals surface area contributed by atoms with Gasteiger partial charge < -0.3 is 37.8 Å². The number of aliphatic imine (C=N–C) groups is 1. The Morgan fingerprint density at radius 1 is 1.11 bits per heavy atom. The summed E-state index contributed by atoms with van der Waals surface area (Å²) in [6, 6.07) is 5.31. The van der Waals surface area contributed by atoms with Crippen molar-refractivity contribution in [2.75, 3.05) is 13.1 Å². The number of aliphatic carboxylic acids is 1. The first-order valence-corrected chi connectivity index (χ1v) is 13.0. The molecule has 9 N–H and O–H groups in total. The lowest BCUT2D eigenvalue weighted by molar-refractivity contribution is -0.143. The molecule has 12 nitrogen and oxygen atoms in total. The van der Waals surface area contributed by atoms with E-state index in [4.69, 9.17) is 17.2 Å². The first-order chi connectivity index (χ1) is 18.0. The van der Waals surface area contributed by atoms with Crippen LogP contribution in [0.1, 0.15) is 51.5 Å². The first kappa shape index (κ1) is 30.6. The number of carbonyl (C=O) groups excluding carboxylic acids is 3. The molecule has 0 radical (unpaired) electrons. The van der Waals surface area contributed by atoms with E-state index in [0.717, 1.165) is 5.56 Å². The summed E-state index contributed by atoms with van der Waals surface area (Å²) in [6.07, 6.45) is 2.36. The van der Waals surface area contributed by atoms with Crippen molar-refractivity contribution in [1.82, 2.24) is 15.5 Å². The summed E-state index contributed by atoms with van der Waals surface area (Å²) in [5, 5.41) is 15.0. The van der Waals surface area contributed by atoms with E-state index in [2.05, 4.69) is 15.6 Å². The molecule has 3 amide bonds. The number of nitrogens with two attached hydrogens (primary N) is 3. The van der Waals surface area contributed by atoms with Crippen LogP contribution < -0.4 is 27.8 Å². The Labute approximate surface area is 223 Å². The van der Waals surface area contributed by atoms with Gasteiger partial charge >= 0.3 is 5.97 Å².